The van der Waals surface area contributed by atoms with Gasteiger partial charge in [0.25, 0.3) is 5.24 Å². The number of rotatable bonds is 5. The van der Waals surface area contributed by atoms with Crippen LogP contribution >= 0.6 is 25.3 Å². The van der Waals surface area contributed by atoms with Crippen molar-refractivity contribution >= 4 is 41.9 Å². The molecule has 3 nitrogen and oxygen atoms in total. The lowest BCUT2D eigenvalue weighted by molar-refractivity contribution is 0.270. The van der Waals surface area contributed by atoms with E-state index in [1.54, 1.807) is 0 Å². The van der Waals surface area contributed by atoms with Crippen molar-refractivity contribution in [1.82, 2.24) is 0 Å². The smallest absolute Gasteiger partial charge is 0.280 e. The number of amides is 1. The van der Waals surface area contributed by atoms with Crippen molar-refractivity contribution in [3.63, 3.8) is 0 Å². The van der Waals surface area contributed by atoms with E-state index in [0.29, 0.717) is 0 Å². The molecule has 0 fully saturated rings. The zero-order valence-electron chi connectivity index (χ0n) is 15.3. The fourth-order valence-corrected chi connectivity index (χ4v) is 2.44. The Labute approximate surface area is 162 Å². The van der Waals surface area contributed by atoms with Gasteiger partial charge in [-0.2, -0.15) is 12.6 Å². The van der Waals surface area contributed by atoms with Gasteiger partial charge < -0.3 is 10.6 Å². The number of hydrogen-bond acceptors (Lipinski definition) is 3. The molecule has 0 radical (unpaired) electrons. The SMILES string of the molecule is CC(C)(S)Nc1ccc(Cc2ccccc2NC(=O)S)cc1.CCC. The van der Waals surface area contributed by atoms with Crippen LogP contribution in [0.15, 0.2) is 48.5 Å². The van der Waals surface area contributed by atoms with E-state index >= 15 is 0 Å². The first-order chi connectivity index (χ1) is 11.7. The van der Waals surface area contributed by atoms with Gasteiger partial charge in [0.05, 0.1) is 4.87 Å². The van der Waals surface area contributed by atoms with Crippen LogP contribution in [0.5, 0.6) is 0 Å². The highest BCUT2D eigenvalue weighted by Gasteiger charge is 2.10. The van der Waals surface area contributed by atoms with Gasteiger partial charge in [-0.25, -0.2) is 0 Å². The van der Waals surface area contributed by atoms with E-state index in [0.717, 1.165) is 23.4 Å². The minimum atomic E-state index is -0.358. The minimum absolute atomic E-state index is 0.259. The number of anilines is 2. The molecule has 0 saturated carbocycles. The van der Waals surface area contributed by atoms with Crippen molar-refractivity contribution in [3.8, 4) is 0 Å². The van der Waals surface area contributed by atoms with Gasteiger partial charge in [0.1, 0.15) is 0 Å². The zero-order chi connectivity index (χ0) is 18.9. The molecular formula is C20H28N2OS2. The van der Waals surface area contributed by atoms with Gasteiger partial charge >= 0.3 is 0 Å². The Bertz CT molecular complexity index is 664. The van der Waals surface area contributed by atoms with Crippen molar-refractivity contribution in [3.05, 3.63) is 59.7 Å². The zero-order valence-corrected chi connectivity index (χ0v) is 17.1. The summed E-state index contributed by atoms with van der Waals surface area (Å²) in [5.41, 5.74) is 4.05. The van der Waals surface area contributed by atoms with Crippen molar-refractivity contribution in [2.45, 2.75) is 45.4 Å². The topological polar surface area (TPSA) is 41.1 Å². The van der Waals surface area contributed by atoms with Gasteiger partial charge in [0.2, 0.25) is 0 Å². The van der Waals surface area contributed by atoms with Crippen molar-refractivity contribution in [2.75, 3.05) is 10.6 Å². The third-order valence-electron chi connectivity index (χ3n) is 3.06. The van der Waals surface area contributed by atoms with Crippen LogP contribution in [0.2, 0.25) is 0 Å². The number of nitrogens with one attached hydrogen (secondary N) is 2. The van der Waals surface area contributed by atoms with E-state index in [2.05, 4.69) is 61.9 Å². The molecule has 0 unspecified atom stereocenters. The molecule has 0 bridgehead atoms. The second kappa shape index (κ2) is 10.4. The maximum absolute atomic E-state index is 11.1. The molecule has 0 aromatic heterocycles. The molecule has 2 aromatic carbocycles. The van der Waals surface area contributed by atoms with Crippen LogP contribution in [0.1, 0.15) is 45.2 Å². The fraction of sp³-hybridized carbons (Fsp3) is 0.350. The second-order valence-electron chi connectivity index (χ2n) is 6.35. The molecule has 0 atom stereocenters. The molecule has 0 aliphatic heterocycles. The summed E-state index contributed by atoms with van der Waals surface area (Å²) in [6, 6.07) is 15.9. The molecule has 0 heterocycles. The molecule has 136 valence electrons. The average Bonchev–Trinajstić information content (AvgIpc) is 2.50. The van der Waals surface area contributed by atoms with Gasteiger partial charge in [0, 0.05) is 11.4 Å². The monoisotopic (exact) mass is 376 g/mol. The molecular weight excluding hydrogens is 348 g/mol. The number of benzene rings is 2. The summed E-state index contributed by atoms with van der Waals surface area (Å²) in [5, 5.41) is 5.69. The van der Waals surface area contributed by atoms with Crippen LogP contribution < -0.4 is 10.6 Å². The second-order valence-corrected chi connectivity index (χ2v) is 7.88. The first-order valence-corrected chi connectivity index (χ1v) is 9.32. The van der Waals surface area contributed by atoms with Crippen molar-refractivity contribution in [2.24, 2.45) is 0 Å². The predicted molar refractivity (Wildman–Crippen MR) is 116 cm³/mol. The van der Waals surface area contributed by atoms with Crippen LogP contribution in [0.3, 0.4) is 0 Å². The van der Waals surface area contributed by atoms with E-state index in [4.69, 9.17) is 0 Å². The quantitative estimate of drug-likeness (QED) is 0.369. The lowest BCUT2D eigenvalue weighted by atomic mass is 10.0. The third-order valence-corrected chi connectivity index (χ3v) is 3.28. The Balaban J connectivity index is 0.000000970. The molecule has 0 aliphatic rings. The molecule has 25 heavy (non-hydrogen) atoms. The van der Waals surface area contributed by atoms with Crippen LogP contribution in [0, 0.1) is 0 Å². The molecule has 2 rings (SSSR count). The van der Waals surface area contributed by atoms with E-state index in [9.17, 15) is 4.79 Å². The molecule has 2 N–H and O–H groups in total. The predicted octanol–water partition coefficient (Wildman–Crippen LogP) is 6.23. The van der Waals surface area contributed by atoms with Gasteiger partial charge in [0.15, 0.2) is 0 Å². The molecule has 2 aromatic rings. The van der Waals surface area contributed by atoms with Gasteiger partial charge in [-0.1, -0.05) is 63.2 Å². The Kier molecular flexibility index (Phi) is 8.93. The van der Waals surface area contributed by atoms with E-state index < -0.39 is 0 Å². The summed E-state index contributed by atoms with van der Waals surface area (Å²) in [7, 11) is 0. The lowest BCUT2D eigenvalue weighted by Gasteiger charge is -2.21. The van der Waals surface area contributed by atoms with E-state index in [1.807, 2.05) is 50.2 Å². The lowest BCUT2D eigenvalue weighted by Crippen LogP contribution is -2.22. The normalized spacial score (nSPS) is 10.5. The molecule has 0 spiro atoms. The van der Waals surface area contributed by atoms with Crippen LogP contribution in [-0.2, 0) is 6.42 Å². The number of hydrogen-bond donors (Lipinski definition) is 4. The van der Waals surface area contributed by atoms with E-state index in [-0.39, 0.29) is 10.1 Å². The van der Waals surface area contributed by atoms with E-state index in [1.165, 1.54) is 12.0 Å². The summed E-state index contributed by atoms with van der Waals surface area (Å²) in [5.74, 6) is 0. The summed E-state index contributed by atoms with van der Waals surface area (Å²) in [6.07, 6.45) is 1.99. The number of thiol groups is 2. The Morgan fingerprint density at radius 3 is 2.12 bits per heavy atom. The number of para-hydroxylation sites is 1. The highest BCUT2D eigenvalue weighted by Crippen LogP contribution is 2.22. The Morgan fingerprint density at radius 1 is 1.04 bits per heavy atom. The van der Waals surface area contributed by atoms with Gasteiger partial charge in [-0.15, -0.1) is 0 Å². The minimum Gasteiger partial charge on any atom is -0.371 e. The van der Waals surface area contributed by atoms with Gasteiger partial charge in [-0.3, -0.25) is 4.79 Å². The molecule has 5 heteroatoms. The molecule has 0 aliphatic carbocycles. The van der Waals surface area contributed by atoms with Crippen molar-refractivity contribution < 1.29 is 4.79 Å². The highest BCUT2D eigenvalue weighted by molar-refractivity contribution is 7.96. The molecule has 0 saturated heterocycles. The maximum atomic E-state index is 11.1. The number of carbonyl (C=O) groups excluding carboxylic acids is 1. The Morgan fingerprint density at radius 2 is 1.60 bits per heavy atom. The first kappa shape index (κ1) is 21.5. The van der Waals surface area contributed by atoms with Crippen LogP contribution in [0.4, 0.5) is 16.2 Å². The highest BCUT2D eigenvalue weighted by atomic mass is 32.1. The number of carbonyl (C=O) groups is 1. The third kappa shape index (κ3) is 8.89. The summed E-state index contributed by atoms with van der Waals surface area (Å²) >= 11 is 8.23. The standard InChI is InChI=1S/C17H20N2OS2.C3H8/c1-17(2,22)19-14-9-7-12(8-10-14)11-13-5-3-4-6-15(13)18-16(20)21;1-3-2/h3-10,19,22H,11H2,1-2H3,(H2,18,20,21);3H2,1-2H3. The molecule has 1 amide bonds. The first-order valence-electron chi connectivity index (χ1n) is 8.42. The van der Waals surface area contributed by atoms with Gasteiger partial charge in [-0.05, 0) is 49.6 Å². The van der Waals surface area contributed by atoms with Crippen LogP contribution in [-0.4, -0.2) is 10.1 Å². The fourth-order valence-electron chi connectivity index (χ4n) is 2.19. The summed E-state index contributed by atoms with van der Waals surface area (Å²) in [4.78, 5) is 10.9. The largest absolute Gasteiger partial charge is 0.371 e. The maximum Gasteiger partial charge on any atom is 0.280 e. The summed E-state index contributed by atoms with van der Waals surface area (Å²) < 4.78 is 0. The average molecular weight is 377 g/mol. The Hall–Kier alpha value is -1.59. The van der Waals surface area contributed by atoms with Crippen LogP contribution in [0.25, 0.3) is 0 Å². The summed E-state index contributed by atoms with van der Waals surface area (Å²) in [6.45, 7) is 8.25. The van der Waals surface area contributed by atoms with Crippen molar-refractivity contribution in [1.29, 1.82) is 0 Å².